The van der Waals surface area contributed by atoms with E-state index < -0.39 is 0 Å². The zero-order valence-corrected chi connectivity index (χ0v) is 11.0. The van der Waals surface area contributed by atoms with Crippen LogP contribution in [0.25, 0.3) is 0 Å². The first-order valence-electron chi connectivity index (χ1n) is 6.35. The fourth-order valence-electron chi connectivity index (χ4n) is 1.60. The largest absolute Gasteiger partial charge is 0.334 e. The molecule has 3 nitrogen and oxygen atoms in total. The minimum Gasteiger partial charge on any atom is -0.334 e. The van der Waals surface area contributed by atoms with Crippen LogP contribution in [0.5, 0.6) is 0 Å². The number of nitrogens with zero attached hydrogens (tertiary/aromatic N) is 2. The molecule has 1 unspecified atom stereocenters. The third-order valence-corrected chi connectivity index (χ3v) is 3.15. The molecule has 0 fully saturated rings. The smallest absolute Gasteiger partial charge is 0.122 e. The molecule has 0 aromatic carbocycles. The maximum Gasteiger partial charge on any atom is 0.122 e. The maximum atomic E-state index is 4.38. The molecule has 0 radical (unpaired) electrons. The molecule has 0 saturated carbocycles. The number of imidazole rings is 1. The van der Waals surface area contributed by atoms with E-state index in [0.29, 0.717) is 0 Å². The van der Waals surface area contributed by atoms with E-state index in [1.54, 1.807) is 0 Å². The summed E-state index contributed by atoms with van der Waals surface area (Å²) in [5.74, 6) is 2.61. The Morgan fingerprint density at radius 1 is 1.38 bits per heavy atom. The third kappa shape index (κ3) is 3.97. The average Bonchev–Trinajstić information content (AvgIpc) is 2.66. The van der Waals surface area contributed by atoms with Crippen LogP contribution in [0.2, 0.25) is 0 Å². The Morgan fingerprint density at radius 3 is 2.75 bits per heavy atom. The van der Waals surface area contributed by atoms with Crippen molar-refractivity contribution in [3.05, 3.63) is 18.2 Å². The number of aryl methyl sites for hydroxylation is 1. The topological polar surface area (TPSA) is 29.9 Å². The highest BCUT2D eigenvalue weighted by atomic mass is 15.1. The lowest BCUT2D eigenvalue weighted by molar-refractivity contribution is 0.388. The van der Waals surface area contributed by atoms with Crippen LogP contribution < -0.4 is 5.32 Å². The third-order valence-electron chi connectivity index (χ3n) is 3.15. The molecule has 1 rings (SSSR count). The summed E-state index contributed by atoms with van der Waals surface area (Å²) < 4.78 is 2.23. The molecule has 0 aliphatic carbocycles. The molecule has 1 aromatic rings. The summed E-state index contributed by atoms with van der Waals surface area (Å²) in [6.45, 7) is 12.0. The van der Waals surface area contributed by atoms with Gasteiger partial charge in [-0.15, -0.1) is 0 Å². The summed E-state index contributed by atoms with van der Waals surface area (Å²) in [4.78, 5) is 4.38. The summed E-state index contributed by atoms with van der Waals surface area (Å²) in [6.07, 6.45) is 5.11. The van der Waals surface area contributed by atoms with Gasteiger partial charge in [0.15, 0.2) is 0 Å². The van der Waals surface area contributed by atoms with Crippen molar-refractivity contribution >= 4 is 0 Å². The van der Waals surface area contributed by atoms with Crippen LogP contribution in [0.15, 0.2) is 12.4 Å². The summed E-state index contributed by atoms with van der Waals surface area (Å²) in [5, 5.41) is 3.48. The minimum atomic E-state index is 0.717. The van der Waals surface area contributed by atoms with Gasteiger partial charge in [-0.25, -0.2) is 4.98 Å². The number of nitrogens with one attached hydrogen (secondary N) is 1. The van der Waals surface area contributed by atoms with Gasteiger partial charge in [-0.05, 0) is 24.8 Å². The monoisotopic (exact) mass is 223 g/mol. The van der Waals surface area contributed by atoms with Gasteiger partial charge in [0.05, 0.1) is 6.54 Å². The van der Waals surface area contributed by atoms with E-state index in [1.807, 2.05) is 6.20 Å². The van der Waals surface area contributed by atoms with Gasteiger partial charge in [0, 0.05) is 18.9 Å². The highest BCUT2D eigenvalue weighted by Crippen LogP contribution is 2.08. The van der Waals surface area contributed by atoms with Gasteiger partial charge in [-0.3, -0.25) is 0 Å². The van der Waals surface area contributed by atoms with E-state index in [1.165, 1.54) is 0 Å². The summed E-state index contributed by atoms with van der Waals surface area (Å²) in [7, 11) is 0. The second kappa shape index (κ2) is 6.69. The number of hydrogen-bond acceptors (Lipinski definition) is 2. The van der Waals surface area contributed by atoms with E-state index in [9.17, 15) is 0 Å². The van der Waals surface area contributed by atoms with E-state index in [-0.39, 0.29) is 0 Å². The van der Waals surface area contributed by atoms with E-state index in [0.717, 1.165) is 43.7 Å². The number of rotatable bonds is 7. The molecule has 16 heavy (non-hydrogen) atoms. The van der Waals surface area contributed by atoms with Crippen molar-refractivity contribution in [1.29, 1.82) is 0 Å². The summed E-state index contributed by atoms with van der Waals surface area (Å²) in [6, 6.07) is 0. The lowest BCUT2D eigenvalue weighted by atomic mass is 9.98. The molecule has 1 atom stereocenters. The van der Waals surface area contributed by atoms with Gasteiger partial charge in [-0.1, -0.05) is 27.7 Å². The van der Waals surface area contributed by atoms with Crippen molar-refractivity contribution in [3.8, 4) is 0 Å². The predicted molar refractivity (Wildman–Crippen MR) is 68.2 cm³/mol. The highest BCUT2D eigenvalue weighted by Gasteiger charge is 2.07. The summed E-state index contributed by atoms with van der Waals surface area (Å²) >= 11 is 0. The van der Waals surface area contributed by atoms with Crippen LogP contribution in [-0.4, -0.2) is 16.1 Å². The van der Waals surface area contributed by atoms with E-state index >= 15 is 0 Å². The van der Waals surface area contributed by atoms with E-state index in [4.69, 9.17) is 0 Å². The van der Waals surface area contributed by atoms with Crippen LogP contribution in [0.3, 0.4) is 0 Å². The number of aromatic nitrogens is 2. The normalized spacial score (nSPS) is 13.3. The molecule has 0 amide bonds. The first-order valence-corrected chi connectivity index (χ1v) is 6.35. The van der Waals surface area contributed by atoms with E-state index in [2.05, 4.69) is 48.8 Å². The fourth-order valence-corrected chi connectivity index (χ4v) is 1.60. The first-order chi connectivity index (χ1) is 7.65. The van der Waals surface area contributed by atoms with Gasteiger partial charge in [-0.2, -0.15) is 0 Å². The Hall–Kier alpha value is -0.830. The van der Waals surface area contributed by atoms with Crippen LogP contribution in [0.1, 0.15) is 39.9 Å². The molecular formula is C13H25N3. The van der Waals surface area contributed by atoms with Crippen molar-refractivity contribution < 1.29 is 0 Å². The highest BCUT2D eigenvalue weighted by molar-refractivity contribution is 4.91. The van der Waals surface area contributed by atoms with Gasteiger partial charge in [0.2, 0.25) is 0 Å². The van der Waals surface area contributed by atoms with Crippen LogP contribution in [0, 0.1) is 11.8 Å². The van der Waals surface area contributed by atoms with Gasteiger partial charge < -0.3 is 9.88 Å². The van der Waals surface area contributed by atoms with Crippen LogP contribution >= 0.6 is 0 Å². The molecule has 3 heteroatoms. The molecule has 0 aliphatic heterocycles. The molecule has 0 bridgehead atoms. The molecule has 0 aliphatic rings. The SMILES string of the molecule is CCCn1ccnc1CNCC(C)C(C)C. The molecule has 1 N–H and O–H groups in total. The Bertz CT molecular complexity index is 291. The lowest BCUT2D eigenvalue weighted by Gasteiger charge is -2.16. The molecular weight excluding hydrogens is 198 g/mol. The minimum absolute atomic E-state index is 0.717. The second-order valence-corrected chi connectivity index (χ2v) is 4.89. The Balaban J connectivity index is 2.34. The maximum absolute atomic E-state index is 4.38. The standard InChI is InChI=1S/C13H25N3/c1-5-7-16-8-6-15-13(16)10-14-9-12(4)11(2)3/h6,8,11-12,14H,5,7,9-10H2,1-4H3. The van der Waals surface area contributed by atoms with Crippen molar-refractivity contribution in [2.45, 2.75) is 47.2 Å². The van der Waals surface area contributed by atoms with Crippen molar-refractivity contribution in [2.24, 2.45) is 11.8 Å². The van der Waals surface area contributed by atoms with Crippen LogP contribution in [0.4, 0.5) is 0 Å². The first kappa shape index (κ1) is 13.2. The van der Waals surface area contributed by atoms with Gasteiger partial charge >= 0.3 is 0 Å². The van der Waals surface area contributed by atoms with Gasteiger partial charge in [0.25, 0.3) is 0 Å². The fraction of sp³-hybridized carbons (Fsp3) is 0.769. The van der Waals surface area contributed by atoms with Crippen molar-refractivity contribution in [2.75, 3.05) is 6.54 Å². The Kier molecular flexibility index (Phi) is 5.53. The molecule has 1 aromatic heterocycles. The molecule has 1 heterocycles. The van der Waals surface area contributed by atoms with Crippen molar-refractivity contribution in [3.63, 3.8) is 0 Å². The predicted octanol–water partition coefficient (Wildman–Crippen LogP) is 2.67. The van der Waals surface area contributed by atoms with Crippen LogP contribution in [-0.2, 0) is 13.1 Å². The molecule has 0 spiro atoms. The summed E-state index contributed by atoms with van der Waals surface area (Å²) in [5.41, 5.74) is 0. The molecule has 0 saturated heterocycles. The Morgan fingerprint density at radius 2 is 2.12 bits per heavy atom. The zero-order chi connectivity index (χ0) is 12.0. The zero-order valence-electron chi connectivity index (χ0n) is 11.0. The van der Waals surface area contributed by atoms with Crippen molar-refractivity contribution in [1.82, 2.24) is 14.9 Å². The average molecular weight is 223 g/mol. The lowest BCUT2D eigenvalue weighted by Crippen LogP contribution is -2.25. The second-order valence-electron chi connectivity index (χ2n) is 4.89. The number of hydrogen-bond donors (Lipinski definition) is 1. The molecule has 92 valence electrons. The Labute approximate surface area is 99.3 Å². The van der Waals surface area contributed by atoms with Gasteiger partial charge in [0.1, 0.15) is 5.82 Å². The quantitative estimate of drug-likeness (QED) is 0.770.